The first-order chi connectivity index (χ1) is 7.79. The molecule has 0 radical (unpaired) electrons. The van der Waals surface area contributed by atoms with Gasteiger partial charge in [-0.3, -0.25) is 9.78 Å². The van der Waals surface area contributed by atoms with Gasteiger partial charge in [-0.25, -0.2) is 0 Å². The van der Waals surface area contributed by atoms with Crippen LogP contribution in [0.5, 0.6) is 0 Å². The van der Waals surface area contributed by atoms with Gasteiger partial charge in [0, 0.05) is 31.7 Å². The molecule has 86 valence electrons. The average Bonchev–Trinajstić information content (AvgIpc) is 2.54. The number of pyridine rings is 1. The molecule has 0 bridgehead atoms. The van der Waals surface area contributed by atoms with E-state index in [1.165, 1.54) is 0 Å². The van der Waals surface area contributed by atoms with Crippen LogP contribution in [0.2, 0.25) is 0 Å². The van der Waals surface area contributed by atoms with Gasteiger partial charge in [0.05, 0.1) is 12.3 Å². The summed E-state index contributed by atoms with van der Waals surface area (Å²) >= 11 is 0. The Bertz CT molecular complexity index is 381. The van der Waals surface area contributed by atoms with Crippen LogP contribution in [0.4, 0.5) is 0 Å². The summed E-state index contributed by atoms with van der Waals surface area (Å²) in [6, 6.07) is 3.71. The van der Waals surface area contributed by atoms with Gasteiger partial charge in [-0.15, -0.1) is 0 Å². The third-order valence-corrected chi connectivity index (χ3v) is 2.63. The van der Waals surface area contributed by atoms with Gasteiger partial charge in [0.15, 0.2) is 0 Å². The van der Waals surface area contributed by atoms with Crippen molar-refractivity contribution in [3.8, 4) is 0 Å². The van der Waals surface area contributed by atoms with Crippen LogP contribution in [0.1, 0.15) is 23.7 Å². The molecule has 5 heteroatoms. The van der Waals surface area contributed by atoms with Crippen LogP contribution in [-0.2, 0) is 11.4 Å². The predicted octanol–water partition coefficient (Wildman–Crippen LogP) is -0.276. The summed E-state index contributed by atoms with van der Waals surface area (Å²) in [7, 11) is 0. The van der Waals surface area contributed by atoms with Crippen LogP contribution in [0, 0.1) is 0 Å². The van der Waals surface area contributed by atoms with Crippen LogP contribution in [-0.4, -0.2) is 29.1 Å². The molecule has 1 atom stereocenters. The minimum Gasteiger partial charge on any atom is -0.390 e. The molecule has 1 aromatic rings. The third-order valence-electron chi connectivity index (χ3n) is 2.63. The lowest BCUT2D eigenvalue weighted by molar-refractivity contribution is -0.121. The van der Waals surface area contributed by atoms with Gasteiger partial charge < -0.3 is 15.7 Å². The monoisotopic (exact) mass is 221 g/mol. The topological polar surface area (TPSA) is 74.2 Å². The van der Waals surface area contributed by atoms with Crippen molar-refractivity contribution in [3.05, 3.63) is 29.6 Å². The zero-order valence-corrected chi connectivity index (χ0v) is 8.94. The Morgan fingerprint density at radius 2 is 2.38 bits per heavy atom. The number of aliphatic hydroxyl groups excluding tert-OH is 1. The first kappa shape index (κ1) is 11.0. The molecule has 5 nitrogen and oxygen atoms in total. The normalized spacial score (nSPS) is 21.3. The standard InChI is InChI=1S/C11H15N3O2/c15-7-9-5-8(1-2-12-9)10-6-11(16)14-4-3-13-10/h1-2,5,10,13,15H,3-4,6-7H2,(H,14,16). The minimum absolute atomic E-state index is 0.01000. The highest BCUT2D eigenvalue weighted by Gasteiger charge is 2.18. The Labute approximate surface area is 93.9 Å². The summed E-state index contributed by atoms with van der Waals surface area (Å²) in [5, 5.41) is 15.1. The third kappa shape index (κ3) is 2.56. The molecule has 16 heavy (non-hydrogen) atoms. The van der Waals surface area contributed by atoms with Crippen LogP contribution in [0.3, 0.4) is 0 Å². The van der Waals surface area contributed by atoms with E-state index in [1.807, 2.05) is 12.1 Å². The molecule has 0 spiro atoms. The van der Waals surface area contributed by atoms with Crippen molar-refractivity contribution in [2.24, 2.45) is 0 Å². The molecule has 1 saturated heterocycles. The fourth-order valence-electron chi connectivity index (χ4n) is 1.81. The van der Waals surface area contributed by atoms with E-state index in [0.29, 0.717) is 18.7 Å². The summed E-state index contributed by atoms with van der Waals surface area (Å²) in [4.78, 5) is 15.4. The Kier molecular flexibility index (Phi) is 3.48. The average molecular weight is 221 g/mol. The molecule has 0 aromatic carbocycles. The highest BCUT2D eigenvalue weighted by atomic mass is 16.3. The molecule has 1 fully saturated rings. The van der Waals surface area contributed by atoms with Crippen molar-refractivity contribution in [2.45, 2.75) is 19.1 Å². The van der Waals surface area contributed by atoms with E-state index in [1.54, 1.807) is 6.20 Å². The molecule has 1 amide bonds. The van der Waals surface area contributed by atoms with Crippen molar-refractivity contribution in [1.82, 2.24) is 15.6 Å². The second-order valence-corrected chi connectivity index (χ2v) is 3.80. The van der Waals surface area contributed by atoms with E-state index in [0.717, 1.165) is 12.1 Å². The molecular formula is C11H15N3O2. The summed E-state index contributed by atoms with van der Waals surface area (Å²) in [5.41, 5.74) is 1.63. The fraction of sp³-hybridized carbons (Fsp3) is 0.455. The molecule has 1 aliphatic heterocycles. The van der Waals surface area contributed by atoms with E-state index in [2.05, 4.69) is 15.6 Å². The Morgan fingerprint density at radius 1 is 1.50 bits per heavy atom. The van der Waals surface area contributed by atoms with Crippen molar-refractivity contribution >= 4 is 5.91 Å². The highest BCUT2D eigenvalue weighted by molar-refractivity contribution is 5.77. The number of nitrogens with one attached hydrogen (secondary N) is 2. The van der Waals surface area contributed by atoms with Crippen LogP contribution >= 0.6 is 0 Å². The van der Waals surface area contributed by atoms with Crippen molar-refractivity contribution in [1.29, 1.82) is 0 Å². The van der Waals surface area contributed by atoms with Crippen molar-refractivity contribution in [3.63, 3.8) is 0 Å². The first-order valence-electron chi connectivity index (χ1n) is 5.35. The van der Waals surface area contributed by atoms with Gasteiger partial charge in [-0.05, 0) is 17.7 Å². The molecular weight excluding hydrogens is 206 g/mol. The fourth-order valence-corrected chi connectivity index (χ4v) is 1.81. The second kappa shape index (κ2) is 5.05. The maximum atomic E-state index is 11.4. The number of carbonyl (C=O) groups excluding carboxylic acids is 1. The number of nitrogens with zero attached hydrogens (tertiary/aromatic N) is 1. The van der Waals surface area contributed by atoms with Gasteiger partial charge in [0.1, 0.15) is 0 Å². The number of rotatable bonds is 2. The summed E-state index contributed by atoms with van der Waals surface area (Å²) in [6.45, 7) is 1.34. The lowest BCUT2D eigenvalue weighted by Gasteiger charge is -2.15. The molecule has 3 N–H and O–H groups in total. The van der Waals surface area contributed by atoms with Gasteiger partial charge >= 0.3 is 0 Å². The maximum absolute atomic E-state index is 11.4. The smallest absolute Gasteiger partial charge is 0.221 e. The zero-order valence-electron chi connectivity index (χ0n) is 8.94. The first-order valence-corrected chi connectivity index (χ1v) is 5.35. The molecule has 1 unspecified atom stereocenters. The SMILES string of the molecule is O=C1CC(c2ccnc(CO)c2)NCCN1. The number of hydrogen-bond donors (Lipinski definition) is 3. The van der Waals surface area contributed by atoms with Gasteiger partial charge in [0.25, 0.3) is 0 Å². The lowest BCUT2D eigenvalue weighted by Crippen LogP contribution is -2.24. The molecule has 2 heterocycles. The molecule has 2 rings (SSSR count). The largest absolute Gasteiger partial charge is 0.390 e. The Balaban J connectivity index is 2.17. The van der Waals surface area contributed by atoms with Crippen molar-refractivity contribution in [2.75, 3.05) is 13.1 Å². The van der Waals surface area contributed by atoms with E-state index in [-0.39, 0.29) is 18.6 Å². The molecule has 0 saturated carbocycles. The van der Waals surface area contributed by atoms with E-state index in [4.69, 9.17) is 5.11 Å². The van der Waals surface area contributed by atoms with Gasteiger partial charge in [-0.2, -0.15) is 0 Å². The second-order valence-electron chi connectivity index (χ2n) is 3.80. The van der Waals surface area contributed by atoms with E-state index < -0.39 is 0 Å². The van der Waals surface area contributed by atoms with E-state index >= 15 is 0 Å². The number of aromatic nitrogens is 1. The summed E-state index contributed by atoms with van der Waals surface area (Å²) < 4.78 is 0. The maximum Gasteiger partial charge on any atom is 0.221 e. The van der Waals surface area contributed by atoms with Gasteiger partial charge in [-0.1, -0.05) is 0 Å². The number of aliphatic hydroxyl groups is 1. The predicted molar refractivity (Wildman–Crippen MR) is 58.5 cm³/mol. The summed E-state index contributed by atoms with van der Waals surface area (Å²) in [5.74, 6) is 0.0531. The van der Waals surface area contributed by atoms with E-state index in [9.17, 15) is 4.79 Å². The Hall–Kier alpha value is -1.46. The van der Waals surface area contributed by atoms with Crippen LogP contribution < -0.4 is 10.6 Å². The highest BCUT2D eigenvalue weighted by Crippen LogP contribution is 2.18. The summed E-state index contributed by atoms with van der Waals surface area (Å²) in [6.07, 6.45) is 2.08. The molecule has 1 aliphatic rings. The lowest BCUT2D eigenvalue weighted by atomic mass is 10.0. The Morgan fingerprint density at radius 3 is 3.19 bits per heavy atom. The van der Waals surface area contributed by atoms with Gasteiger partial charge in [0.2, 0.25) is 5.91 Å². The zero-order chi connectivity index (χ0) is 11.4. The molecule has 1 aromatic heterocycles. The number of hydrogen-bond acceptors (Lipinski definition) is 4. The number of carbonyl (C=O) groups is 1. The van der Waals surface area contributed by atoms with Crippen LogP contribution in [0.15, 0.2) is 18.3 Å². The number of amides is 1. The molecule has 0 aliphatic carbocycles. The minimum atomic E-state index is -0.0766. The quantitative estimate of drug-likeness (QED) is 0.642. The van der Waals surface area contributed by atoms with Crippen molar-refractivity contribution < 1.29 is 9.90 Å². The van der Waals surface area contributed by atoms with Crippen LogP contribution in [0.25, 0.3) is 0 Å².